The molecule has 1 amide bonds. The molecule has 3 nitrogen and oxygen atoms in total. The Labute approximate surface area is 93.7 Å². The van der Waals surface area contributed by atoms with Crippen LogP contribution in [0.4, 0.5) is 10.1 Å². The van der Waals surface area contributed by atoms with Crippen LogP contribution in [0.2, 0.25) is 0 Å². The first-order valence-electron chi connectivity index (χ1n) is 4.60. The first kappa shape index (κ1) is 9.15. The van der Waals surface area contributed by atoms with E-state index in [9.17, 15) is 9.18 Å². The monoisotopic (exact) mass is 271 g/mol. The second-order valence-electron chi connectivity index (χ2n) is 3.81. The van der Waals surface area contributed by atoms with Gasteiger partial charge >= 0.3 is 0 Å². The van der Waals surface area contributed by atoms with Gasteiger partial charge in [0.05, 0.1) is 5.69 Å². The number of carbonyl (C=O) groups excluding carboxylic acids is 1. The van der Waals surface area contributed by atoms with E-state index in [2.05, 4.69) is 21.2 Å². The summed E-state index contributed by atoms with van der Waals surface area (Å²) in [5.74, 6) is -0.478. The van der Waals surface area contributed by atoms with Crippen LogP contribution in [0.3, 0.4) is 0 Å². The average molecular weight is 272 g/mol. The van der Waals surface area contributed by atoms with Crippen molar-refractivity contribution in [3.8, 4) is 5.75 Å². The number of ether oxygens (including phenoxy) is 1. The molecule has 1 heterocycles. The maximum absolute atomic E-state index is 13.5. The maximum atomic E-state index is 13.5. The van der Waals surface area contributed by atoms with Gasteiger partial charge in [-0.3, -0.25) is 4.79 Å². The molecule has 2 aliphatic rings. The van der Waals surface area contributed by atoms with Gasteiger partial charge in [-0.1, -0.05) is 15.9 Å². The topological polar surface area (TPSA) is 38.3 Å². The molecule has 0 aromatic heterocycles. The first-order valence-corrected chi connectivity index (χ1v) is 5.40. The van der Waals surface area contributed by atoms with Crippen molar-refractivity contribution in [3.63, 3.8) is 0 Å². The Morgan fingerprint density at radius 1 is 1.47 bits per heavy atom. The third-order valence-electron chi connectivity index (χ3n) is 2.67. The fourth-order valence-corrected chi connectivity index (χ4v) is 2.11. The molecular weight excluding hydrogens is 265 g/mol. The van der Waals surface area contributed by atoms with Crippen molar-refractivity contribution in [2.24, 2.45) is 0 Å². The minimum absolute atomic E-state index is 0.148. The molecular formula is C10H7BrFNO2. The van der Waals surface area contributed by atoms with Gasteiger partial charge in [0.25, 0.3) is 5.91 Å². The highest BCUT2D eigenvalue weighted by Gasteiger charge is 2.55. The summed E-state index contributed by atoms with van der Waals surface area (Å²) in [5.41, 5.74) is -0.397. The number of fused-ring (bicyclic) bond motifs is 1. The predicted molar refractivity (Wildman–Crippen MR) is 55.3 cm³/mol. The predicted octanol–water partition coefficient (Wildman–Crippen LogP) is 2.45. The van der Waals surface area contributed by atoms with E-state index >= 15 is 0 Å². The Morgan fingerprint density at radius 2 is 2.20 bits per heavy atom. The van der Waals surface area contributed by atoms with Crippen LogP contribution in [-0.2, 0) is 4.79 Å². The fraction of sp³-hybridized carbons (Fsp3) is 0.300. The molecule has 1 aliphatic heterocycles. The van der Waals surface area contributed by atoms with Crippen molar-refractivity contribution in [3.05, 3.63) is 22.4 Å². The molecule has 1 aromatic rings. The van der Waals surface area contributed by atoms with Crippen molar-refractivity contribution in [2.75, 3.05) is 5.32 Å². The third-order valence-corrected chi connectivity index (χ3v) is 3.13. The molecule has 1 N–H and O–H groups in total. The summed E-state index contributed by atoms with van der Waals surface area (Å²) in [6.45, 7) is 0. The molecule has 0 radical (unpaired) electrons. The Kier molecular flexibility index (Phi) is 1.66. The zero-order valence-electron chi connectivity index (χ0n) is 7.64. The maximum Gasteiger partial charge on any atom is 0.268 e. The van der Waals surface area contributed by atoms with Crippen LogP contribution in [0.15, 0.2) is 16.6 Å². The summed E-state index contributed by atoms with van der Waals surface area (Å²) < 4.78 is 19.5. The number of carbonyl (C=O) groups is 1. The molecule has 78 valence electrons. The van der Waals surface area contributed by atoms with Crippen LogP contribution in [0, 0.1) is 5.82 Å². The van der Waals surface area contributed by atoms with E-state index in [1.54, 1.807) is 6.07 Å². The minimum Gasteiger partial charge on any atom is -0.472 e. The molecule has 1 aliphatic carbocycles. The van der Waals surface area contributed by atoms with E-state index in [0.717, 1.165) is 0 Å². The van der Waals surface area contributed by atoms with Gasteiger partial charge in [-0.25, -0.2) is 4.39 Å². The largest absolute Gasteiger partial charge is 0.472 e. The highest BCUT2D eigenvalue weighted by molar-refractivity contribution is 9.10. The Morgan fingerprint density at radius 3 is 2.87 bits per heavy atom. The minimum atomic E-state index is -0.790. The van der Waals surface area contributed by atoms with Crippen molar-refractivity contribution in [1.82, 2.24) is 0 Å². The number of anilines is 1. The van der Waals surface area contributed by atoms with Crippen molar-refractivity contribution in [1.29, 1.82) is 0 Å². The van der Waals surface area contributed by atoms with Crippen molar-refractivity contribution < 1.29 is 13.9 Å². The zero-order valence-corrected chi connectivity index (χ0v) is 9.23. The van der Waals surface area contributed by atoms with Crippen LogP contribution in [-0.4, -0.2) is 11.5 Å². The van der Waals surface area contributed by atoms with Gasteiger partial charge in [0.2, 0.25) is 0 Å². The highest BCUT2D eigenvalue weighted by atomic mass is 79.9. The van der Waals surface area contributed by atoms with E-state index in [1.807, 2.05) is 0 Å². The van der Waals surface area contributed by atoms with E-state index in [1.165, 1.54) is 6.07 Å². The molecule has 0 saturated heterocycles. The molecule has 0 bridgehead atoms. The molecule has 5 heteroatoms. The molecule has 1 fully saturated rings. The Balaban J connectivity index is 2.12. The number of amides is 1. The van der Waals surface area contributed by atoms with E-state index in [4.69, 9.17) is 4.74 Å². The number of halogens is 2. The second kappa shape index (κ2) is 2.72. The number of benzene rings is 1. The molecule has 1 spiro atoms. The highest BCUT2D eigenvalue weighted by Crippen LogP contribution is 2.48. The van der Waals surface area contributed by atoms with Gasteiger partial charge in [0.15, 0.2) is 17.2 Å². The van der Waals surface area contributed by atoms with Crippen LogP contribution in [0.5, 0.6) is 5.75 Å². The SMILES string of the molecule is O=C1Nc2cc(Br)cc(F)c2OC12CC2. The van der Waals surface area contributed by atoms with Gasteiger partial charge in [-0.2, -0.15) is 0 Å². The zero-order chi connectivity index (χ0) is 10.6. The molecule has 0 unspecified atom stereocenters. The fourth-order valence-electron chi connectivity index (χ4n) is 1.68. The van der Waals surface area contributed by atoms with Crippen LogP contribution >= 0.6 is 15.9 Å². The van der Waals surface area contributed by atoms with Crippen LogP contribution < -0.4 is 10.1 Å². The first-order chi connectivity index (χ1) is 7.11. The van der Waals surface area contributed by atoms with E-state index < -0.39 is 11.4 Å². The quantitative estimate of drug-likeness (QED) is 0.787. The summed E-state index contributed by atoms with van der Waals surface area (Å²) in [4.78, 5) is 11.6. The standard InChI is InChI=1S/C10H7BrFNO2/c11-5-3-6(12)8-7(4-5)13-9(14)10(15-8)1-2-10/h3-4H,1-2H2,(H,13,14). The Bertz CT molecular complexity index is 471. The second-order valence-corrected chi connectivity index (χ2v) is 4.73. The average Bonchev–Trinajstić information content (AvgIpc) is 2.90. The molecule has 1 saturated carbocycles. The van der Waals surface area contributed by atoms with Crippen molar-refractivity contribution >= 4 is 27.5 Å². The van der Waals surface area contributed by atoms with Gasteiger partial charge in [-0.15, -0.1) is 0 Å². The molecule has 15 heavy (non-hydrogen) atoms. The number of rotatable bonds is 0. The molecule has 0 atom stereocenters. The van der Waals surface area contributed by atoms with Gasteiger partial charge in [0, 0.05) is 17.3 Å². The summed E-state index contributed by atoms with van der Waals surface area (Å²) in [6, 6.07) is 2.96. The summed E-state index contributed by atoms with van der Waals surface area (Å²) >= 11 is 3.16. The lowest BCUT2D eigenvalue weighted by molar-refractivity contribution is -0.125. The number of hydrogen-bond acceptors (Lipinski definition) is 2. The molecule has 1 aromatic carbocycles. The van der Waals surface area contributed by atoms with Crippen molar-refractivity contribution in [2.45, 2.75) is 18.4 Å². The smallest absolute Gasteiger partial charge is 0.268 e. The lowest BCUT2D eigenvalue weighted by Gasteiger charge is -2.26. The third kappa shape index (κ3) is 1.26. The normalized spacial score (nSPS) is 20.5. The van der Waals surface area contributed by atoms with Gasteiger partial charge < -0.3 is 10.1 Å². The number of hydrogen-bond donors (Lipinski definition) is 1. The van der Waals surface area contributed by atoms with Gasteiger partial charge in [0.1, 0.15) is 0 Å². The lowest BCUT2D eigenvalue weighted by atomic mass is 10.2. The van der Waals surface area contributed by atoms with E-state index in [-0.39, 0.29) is 11.7 Å². The lowest BCUT2D eigenvalue weighted by Crippen LogP contribution is -2.39. The summed E-state index contributed by atoms with van der Waals surface area (Å²) in [7, 11) is 0. The summed E-state index contributed by atoms with van der Waals surface area (Å²) in [6.07, 6.45) is 1.32. The Hall–Kier alpha value is -1.10. The van der Waals surface area contributed by atoms with E-state index in [0.29, 0.717) is 23.0 Å². The summed E-state index contributed by atoms with van der Waals surface area (Å²) in [5, 5.41) is 2.66. The van der Waals surface area contributed by atoms with Crippen LogP contribution in [0.1, 0.15) is 12.8 Å². The molecule has 3 rings (SSSR count). The van der Waals surface area contributed by atoms with Crippen LogP contribution in [0.25, 0.3) is 0 Å². The van der Waals surface area contributed by atoms with Gasteiger partial charge in [-0.05, 0) is 12.1 Å². The number of nitrogens with one attached hydrogen (secondary N) is 1.